The molecule has 0 bridgehead atoms. The monoisotopic (exact) mass is 353 g/mol. The van der Waals surface area contributed by atoms with Gasteiger partial charge in [0, 0.05) is 11.3 Å². The molecule has 0 radical (unpaired) electrons. The van der Waals surface area contributed by atoms with Crippen LogP contribution in [0, 0.1) is 5.92 Å². The van der Waals surface area contributed by atoms with Gasteiger partial charge in [-0.3, -0.25) is 9.59 Å². The Morgan fingerprint density at radius 2 is 1.69 bits per heavy atom. The maximum absolute atomic E-state index is 12.3. The minimum atomic E-state index is -0.515. The molecule has 138 valence electrons. The number of carbonyl (C=O) groups is 2. The summed E-state index contributed by atoms with van der Waals surface area (Å²) in [5.74, 6) is 0.0332. The summed E-state index contributed by atoms with van der Waals surface area (Å²) < 4.78 is 0. The predicted octanol–water partition coefficient (Wildman–Crippen LogP) is 3.49. The van der Waals surface area contributed by atoms with E-state index in [9.17, 15) is 9.59 Å². The van der Waals surface area contributed by atoms with Crippen LogP contribution in [0.4, 0.5) is 5.69 Å². The molecule has 0 aromatic heterocycles. The first-order chi connectivity index (χ1) is 12.4. The van der Waals surface area contributed by atoms with Gasteiger partial charge in [0.25, 0.3) is 5.91 Å². The zero-order chi connectivity index (χ0) is 19.1. The van der Waals surface area contributed by atoms with Crippen LogP contribution in [0.25, 0.3) is 0 Å². The van der Waals surface area contributed by atoms with Crippen LogP contribution in [-0.2, 0) is 4.79 Å². The van der Waals surface area contributed by atoms with Crippen molar-refractivity contribution in [1.82, 2.24) is 5.32 Å². The molecule has 2 atom stereocenters. The lowest BCUT2D eigenvalue weighted by Gasteiger charge is -2.19. The zero-order valence-corrected chi connectivity index (χ0v) is 15.5. The van der Waals surface area contributed by atoms with Crippen LogP contribution in [0.5, 0.6) is 0 Å². The molecule has 2 aromatic rings. The second-order valence-electron chi connectivity index (χ2n) is 6.91. The molecule has 26 heavy (non-hydrogen) atoms. The first-order valence-electron chi connectivity index (χ1n) is 8.89. The van der Waals surface area contributed by atoms with E-state index in [0.717, 1.165) is 5.56 Å². The smallest absolute Gasteiger partial charge is 0.255 e. The fourth-order valence-corrected chi connectivity index (χ4v) is 2.70. The number of hydrogen-bond donors (Lipinski definition) is 3. The van der Waals surface area contributed by atoms with E-state index in [2.05, 4.69) is 10.6 Å². The van der Waals surface area contributed by atoms with Crippen LogP contribution in [0.15, 0.2) is 54.6 Å². The molecule has 0 spiro atoms. The highest BCUT2D eigenvalue weighted by Gasteiger charge is 2.18. The Balaban J connectivity index is 2.01. The Kier molecular flexibility index (Phi) is 6.92. The van der Waals surface area contributed by atoms with Gasteiger partial charge >= 0.3 is 0 Å². The molecule has 2 aromatic carbocycles. The van der Waals surface area contributed by atoms with E-state index in [4.69, 9.17) is 5.73 Å². The van der Waals surface area contributed by atoms with Gasteiger partial charge in [-0.25, -0.2) is 0 Å². The van der Waals surface area contributed by atoms with Crippen molar-refractivity contribution in [2.24, 2.45) is 11.7 Å². The van der Waals surface area contributed by atoms with Crippen LogP contribution in [0.1, 0.15) is 49.2 Å². The molecule has 1 unspecified atom stereocenters. The van der Waals surface area contributed by atoms with Crippen molar-refractivity contribution >= 4 is 17.5 Å². The molecule has 0 aliphatic rings. The first-order valence-corrected chi connectivity index (χ1v) is 8.89. The molecule has 5 nitrogen and oxygen atoms in total. The molecule has 0 aliphatic heterocycles. The van der Waals surface area contributed by atoms with Crippen molar-refractivity contribution < 1.29 is 9.59 Å². The molecule has 2 rings (SSSR count). The maximum atomic E-state index is 12.3. The van der Waals surface area contributed by atoms with Crippen LogP contribution in [0.2, 0.25) is 0 Å². The topological polar surface area (TPSA) is 84.2 Å². The second kappa shape index (κ2) is 9.15. The molecule has 4 N–H and O–H groups in total. The number of carbonyl (C=O) groups excluding carboxylic acids is 2. The third-order valence-electron chi connectivity index (χ3n) is 4.10. The Morgan fingerprint density at radius 1 is 1.00 bits per heavy atom. The van der Waals surface area contributed by atoms with Crippen molar-refractivity contribution in [2.45, 2.75) is 39.3 Å². The Hall–Kier alpha value is -2.66. The predicted molar refractivity (Wildman–Crippen MR) is 105 cm³/mol. The fraction of sp³-hybridized carbons (Fsp3) is 0.333. The summed E-state index contributed by atoms with van der Waals surface area (Å²) >= 11 is 0. The summed E-state index contributed by atoms with van der Waals surface area (Å²) in [4.78, 5) is 24.5. The summed E-state index contributed by atoms with van der Waals surface area (Å²) in [5.41, 5.74) is 8.12. The van der Waals surface area contributed by atoms with Gasteiger partial charge in [0.05, 0.1) is 12.1 Å². The van der Waals surface area contributed by atoms with E-state index in [1.807, 2.05) is 63.2 Å². The fourth-order valence-electron chi connectivity index (χ4n) is 2.70. The van der Waals surface area contributed by atoms with Crippen molar-refractivity contribution in [3.63, 3.8) is 0 Å². The van der Waals surface area contributed by atoms with Gasteiger partial charge in [0.1, 0.15) is 0 Å². The van der Waals surface area contributed by atoms with Gasteiger partial charge in [-0.2, -0.15) is 0 Å². The lowest BCUT2D eigenvalue weighted by molar-refractivity contribution is -0.123. The molecular weight excluding hydrogens is 326 g/mol. The van der Waals surface area contributed by atoms with Gasteiger partial charge in [-0.05, 0) is 49.1 Å². The van der Waals surface area contributed by atoms with E-state index < -0.39 is 6.04 Å². The zero-order valence-electron chi connectivity index (χ0n) is 15.5. The average Bonchev–Trinajstić information content (AvgIpc) is 2.62. The summed E-state index contributed by atoms with van der Waals surface area (Å²) in [6, 6.07) is 15.8. The van der Waals surface area contributed by atoms with E-state index in [1.54, 1.807) is 12.1 Å². The van der Waals surface area contributed by atoms with Gasteiger partial charge in [0.2, 0.25) is 5.91 Å². The molecule has 0 fully saturated rings. The molecular formula is C21H27N3O2. The summed E-state index contributed by atoms with van der Waals surface area (Å²) in [5, 5.41) is 5.82. The van der Waals surface area contributed by atoms with Gasteiger partial charge in [0.15, 0.2) is 0 Å². The highest BCUT2D eigenvalue weighted by Crippen LogP contribution is 2.18. The number of amides is 2. The van der Waals surface area contributed by atoms with Gasteiger partial charge in [-0.1, -0.05) is 44.2 Å². The van der Waals surface area contributed by atoms with E-state index in [0.29, 0.717) is 23.6 Å². The molecule has 0 saturated heterocycles. The van der Waals surface area contributed by atoms with Gasteiger partial charge in [-0.15, -0.1) is 0 Å². The number of rotatable bonds is 7. The van der Waals surface area contributed by atoms with Gasteiger partial charge < -0.3 is 16.4 Å². The summed E-state index contributed by atoms with van der Waals surface area (Å²) in [7, 11) is 0. The Morgan fingerprint density at radius 3 is 2.35 bits per heavy atom. The van der Waals surface area contributed by atoms with Crippen LogP contribution >= 0.6 is 0 Å². The third kappa shape index (κ3) is 5.70. The Labute approximate surface area is 155 Å². The lowest BCUT2D eigenvalue weighted by Crippen LogP contribution is -2.42. The largest absolute Gasteiger partial charge is 0.348 e. The molecule has 0 saturated carbocycles. The number of hydrogen-bond acceptors (Lipinski definition) is 3. The first kappa shape index (κ1) is 19.7. The standard InChI is InChI=1S/C21H27N3O2/c1-14(2)12-19(22)21(26)23-15(3)17-10-7-11-18(13-17)24-20(25)16-8-5-4-6-9-16/h4-11,13-15,19H,12,22H2,1-3H3,(H,23,26)(H,24,25)/t15?,19-/m0/s1. The maximum Gasteiger partial charge on any atom is 0.255 e. The van der Waals surface area contributed by atoms with Crippen molar-refractivity contribution in [2.75, 3.05) is 5.32 Å². The number of benzene rings is 2. The molecule has 0 aliphatic carbocycles. The van der Waals surface area contributed by atoms with E-state index >= 15 is 0 Å². The van der Waals surface area contributed by atoms with Crippen molar-refractivity contribution in [3.8, 4) is 0 Å². The van der Waals surface area contributed by atoms with E-state index in [1.165, 1.54) is 0 Å². The number of nitrogens with one attached hydrogen (secondary N) is 2. The summed E-state index contributed by atoms with van der Waals surface area (Å²) in [6.45, 7) is 5.98. The summed E-state index contributed by atoms with van der Waals surface area (Å²) in [6.07, 6.45) is 0.645. The second-order valence-corrected chi connectivity index (χ2v) is 6.91. The SMILES string of the molecule is CC(C)C[C@H](N)C(=O)NC(C)c1cccc(NC(=O)c2ccccc2)c1. The number of nitrogens with two attached hydrogens (primary N) is 1. The quantitative estimate of drug-likeness (QED) is 0.712. The number of anilines is 1. The highest BCUT2D eigenvalue weighted by atomic mass is 16.2. The molecule has 5 heteroatoms. The normalized spacial score (nSPS) is 13.1. The van der Waals surface area contributed by atoms with Crippen molar-refractivity contribution in [3.05, 3.63) is 65.7 Å². The third-order valence-corrected chi connectivity index (χ3v) is 4.10. The molecule has 2 amide bonds. The Bertz CT molecular complexity index is 744. The molecule has 0 heterocycles. The lowest BCUT2D eigenvalue weighted by atomic mass is 10.0. The average molecular weight is 353 g/mol. The van der Waals surface area contributed by atoms with E-state index in [-0.39, 0.29) is 17.9 Å². The van der Waals surface area contributed by atoms with Crippen LogP contribution in [0.3, 0.4) is 0 Å². The minimum absolute atomic E-state index is 0.162. The van der Waals surface area contributed by atoms with Crippen LogP contribution in [-0.4, -0.2) is 17.9 Å². The van der Waals surface area contributed by atoms with Crippen LogP contribution < -0.4 is 16.4 Å². The minimum Gasteiger partial charge on any atom is -0.348 e. The van der Waals surface area contributed by atoms with Crippen molar-refractivity contribution in [1.29, 1.82) is 0 Å². The highest BCUT2D eigenvalue weighted by molar-refractivity contribution is 6.04.